The number of rotatable bonds is 4. The quantitative estimate of drug-likeness (QED) is 0.578. The Kier molecular flexibility index (Phi) is 3.34. The first-order chi connectivity index (χ1) is 7.82. The fraction of sp³-hybridized carbons (Fsp3) is 0.125. The summed E-state index contributed by atoms with van der Waals surface area (Å²) < 4.78 is 0. The zero-order chi connectivity index (χ0) is 13.2. The molecule has 9 nitrogen and oxygen atoms in total. The first kappa shape index (κ1) is 12.5. The summed E-state index contributed by atoms with van der Waals surface area (Å²) in [7, 11) is 0. The number of hydrogen-bond acceptors (Lipinski definition) is 6. The third kappa shape index (κ3) is 2.72. The van der Waals surface area contributed by atoms with E-state index in [2.05, 4.69) is 0 Å². The van der Waals surface area contributed by atoms with E-state index in [1.54, 1.807) is 0 Å². The van der Waals surface area contributed by atoms with Crippen molar-refractivity contribution in [2.24, 2.45) is 5.73 Å². The Bertz CT molecular complexity index is 468. The van der Waals surface area contributed by atoms with E-state index in [1.165, 1.54) is 0 Å². The van der Waals surface area contributed by atoms with Gasteiger partial charge in [-0.1, -0.05) is 0 Å². The van der Waals surface area contributed by atoms with Gasteiger partial charge in [-0.15, -0.1) is 0 Å². The van der Waals surface area contributed by atoms with Crippen molar-refractivity contribution in [3.05, 3.63) is 44.0 Å². The lowest BCUT2D eigenvalue weighted by Crippen LogP contribution is -2.20. The molecule has 0 aliphatic heterocycles. The number of benzene rings is 1. The second-order valence-electron chi connectivity index (χ2n) is 3.11. The van der Waals surface area contributed by atoms with Crippen molar-refractivity contribution in [2.75, 3.05) is 0 Å². The minimum atomic E-state index is -1.55. The third-order valence-electron chi connectivity index (χ3n) is 1.97. The van der Waals surface area contributed by atoms with E-state index in [-0.39, 0.29) is 5.56 Å². The first-order valence-corrected chi connectivity index (χ1v) is 4.25. The van der Waals surface area contributed by atoms with Gasteiger partial charge in [0.2, 0.25) is 0 Å². The molecule has 1 atom stereocenters. The van der Waals surface area contributed by atoms with Crippen LogP contribution < -0.4 is 5.73 Å². The Morgan fingerprint density at radius 1 is 1.18 bits per heavy atom. The van der Waals surface area contributed by atoms with Crippen LogP contribution in [0.3, 0.4) is 0 Å². The number of nitro groups is 2. The van der Waals surface area contributed by atoms with Gasteiger partial charge in [-0.25, -0.2) is 0 Å². The standard InChI is InChI=1S/C8H7N3O6/c9-7(8(12)13)4-1-5(10(14)15)3-6(2-4)11(16)17/h1-3,7H,9H2,(H,12,13)/t7-/m0/s1. The van der Waals surface area contributed by atoms with Crippen molar-refractivity contribution in [2.45, 2.75) is 6.04 Å². The predicted molar refractivity (Wildman–Crippen MR) is 54.3 cm³/mol. The van der Waals surface area contributed by atoms with E-state index in [9.17, 15) is 25.0 Å². The van der Waals surface area contributed by atoms with Crippen LogP contribution in [0.4, 0.5) is 11.4 Å². The van der Waals surface area contributed by atoms with E-state index >= 15 is 0 Å². The summed E-state index contributed by atoms with van der Waals surface area (Å²) in [5.41, 5.74) is 3.88. The summed E-state index contributed by atoms with van der Waals surface area (Å²) in [5.74, 6) is -1.43. The molecule has 9 heteroatoms. The summed E-state index contributed by atoms with van der Waals surface area (Å²) in [6.45, 7) is 0. The Labute approximate surface area is 93.8 Å². The van der Waals surface area contributed by atoms with Gasteiger partial charge < -0.3 is 10.8 Å². The summed E-state index contributed by atoms with van der Waals surface area (Å²) in [6, 6.07) is 0.976. The van der Waals surface area contributed by atoms with Crippen LogP contribution >= 0.6 is 0 Å². The highest BCUT2D eigenvalue weighted by molar-refractivity contribution is 5.76. The van der Waals surface area contributed by atoms with Crippen molar-refractivity contribution in [3.63, 3.8) is 0 Å². The lowest BCUT2D eigenvalue weighted by atomic mass is 10.1. The molecule has 0 aliphatic carbocycles. The molecule has 0 unspecified atom stereocenters. The van der Waals surface area contributed by atoms with Gasteiger partial charge in [-0.05, 0) is 5.56 Å². The number of aliphatic carboxylic acids is 1. The third-order valence-corrected chi connectivity index (χ3v) is 1.97. The Hall–Kier alpha value is -2.55. The molecule has 0 aliphatic rings. The van der Waals surface area contributed by atoms with Crippen molar-refractivity contribution >= 4 is 17.3 Å². The molecule has 0 radical (unpaired) electrons. The lowest BCUT2D eigenvalue weighted by molar-refractivity contribution is -0.394. The Balaban J connectivity index is 3.36. The summed E-state index contributed by atoms with van der Waals surface area (Å²) in [5, 5.41) is 29.7. The van der Waals surface area contributed by atoms with Gasteiger partial charge in [-0.3, -0.25) is 25.0 Å². The molecule has 17 heavy (non-hydrogen) atoms. The zero-order valence-corrected chi connectivity index (χ0v) is 8.27. The van der Waals surface area contributed by atoms with E-state index in [1.807, 2.05) is 0 Å². The van der Waals surface area contributed by atoms with Crippen LogP contribution in [0.25, 0.3) is 0 Å². The summed E-state index contributed by atoms with van der Waals surface area (Å²) in [4.78, 5) is 29.9. The number of carboxylic acids is 1. The Morgan fingerprint density at radius 3 is 1.88 bits per heavy atom. The molecule has 0 spiro atoms. The highest BCUT2D eigenvalue weighted by atomic mass is 16.6. The Morgan fingerprint density at radius 2 is 1.59 bits per heavy atom. The molecule has 0 saturated heterocycles. The second kappa shape index (κ2) is 4.53. The fourth-order valence-corrected chi connectivity index (χ4v) is 1.15. The smallest absolute Gasteiger partial charge is 0.325 e. The average molecular weight is 241 g/mol. The van der Waals surface area contributed by atoms with Gasteiger partial charge in [0.15, 0.2) is 0 Å². The van der Waals surface area contributed by atoms with Gasteiger partial charge in [0.1, 0.15) is 6.04 Å². The molecule has 0 heterocycles. The topological polar surface area (TPSA) is 150 Å². The van der Waals surface area contributed by atoms with Crippen molar-refractivity contribution in [1.29, 1.82) is 0 Å². The average Bonchev–Trinajstić information content (AvgIpc) is 2.27. The van der Waals surface area contributed by atoms with Crippen molar-refractivity contribution in [3.8, 4) is 0 Å². The van der Waals surface area contributed by atoms with Crippen molar-refractivity contribution < 1.29 is 19.7 Å². The van der Waals surface area contributed by atoms with Crippen molar-refractivity contribution in [1.82, 2.24) is 0 Å². The van der Waals surface area contributed by atoms with Crippen LogP contribution in [0.2, 0.25) is 0 Å². The molecule has 1 rings (SSSR count). The number of non-ortho nitro benzene ring substituents is 2. The van der Waals surface area contributed by atoms with E-state index in [0.717, 1.165) is 18.2 Å². The van der Waals surface area contributed by atoms with E-state index in [4.69, 9.17) is 10.8 Å². The maximum Gasteiger partial charge on any atom is 0.325 e. The predicted octanol–water partition coefficient (Wildman–Crippen LogP) is 0.587. The zero-order valence-electron chi connectivity index (χ0n) is 8.27. The number of carbonyl (C=O) groups is 1. The molecule has 0 saturated carbocycles. The fourth-order valence-electron chi connectivity index (χ4n) is 1.15. The molecular weight excluding hydrogens is 234 g/mol. The van der Waals surface area contributed by atoms with Crippen LogP contribution in [0, 0.1) is 20.2 Å². The van der Waals surface area contributed by atoms with Gasteiger partial charge in [0, 0.05) is 12.1 Å². The van der Waals surface area contributed by atoms with Gasteiger partial charge in [0.25, 0.3) is 11.4 Å². The molecule has 0 amide bonds. The molecule has 1 aromatic rings. The molecule has 0 aromatic heterocycles. The SMILES string of the molecule is N[C@H](C(=O)O)c1cc([N+](=O)[O-])cc([N+](=O)[O-])c1. The minimum Gasteiger partial charge on any atom is -0.480 e. The summed E-state index contributed by atoms with van der Waals surface area (Å²) in [6.07, 6.45) is 0. The molecule has 0 bridgehead atoms. The van der Waals surface area contributed by atoms with Gasteiger partial charge in [-0.2, -0.15) is 0 Å². The molecule has 1 aromatic carbocycles. The molecule has 3 N–H and O–H groups in total. The molecular formula is C8H7N3O6. The van der Waals surface area contributed by atoms with Crippen LogP contribution in [0.15, 0.2) is 18.2 Å². The maximum absolute atomic E-state index is 10.6. The van der Waals surface area contributed by atoms with E-state index in [0.29, 0.717) is 0 Å². The second-order valence-corrected chi connectivity index (χ2v) is 3.11. The van der Waals surface area contributed by atoms with Crippen LogP contribution in [0.5, 0.6) is 0 Å². The van der Waals surface area contributed by atoms with Gasteiger partial charge >= 0.3 is 5.97 Å². The van der Waals surface area contributed by atoms with Crippen LogP contribution in [-0.4, -0.2) is 20.9 Å². The highest BCUT2D eigenvalue weighted by Gasteiger charge is 2.22. The van der Waals surface area contributed by atoms with Crippen LogP contribution in [0.1, 0.15) is 11.6 Å². The monoisotopic (exact) mass is 241 g/mol. The lowest BCUT2D eigenvalue weighted by Gasteiger charge is -2.06. The number of hydrogen-bond donors (Lipinski definition) is 2. The number of nitrogens with zero attached hydrogens (tertiary/aromatic N) is 2. The maximum atomic E-state index is 10.6. The highest BCUT2D eigenvalue weighted by Crippen LogP contribution is 2.25. The first-order valence-electron chi connectivity index (χ1n) is 4.25. The largest absolute Gasteiger partial charge is 0.480 e. The molecule has 90 valence electrons. The summed E-state index contributed by atoms with van der Waals surface area (Å²) >= 11 is 0. The number of nitro benzene ring substituents is 2. The van der Waals surface area contributed by atoms with Gasteiger partial charge in [0.05, 0.1) is 15.9 Å². The molecule has 0 fully saturated rings. The van der Waals surface area contributed by atoms with Crippen LogP contribution in [-0.2, 0) is 4.79 Å². The van der Waals surface area contributed by atoms with E-state index < -0.39 is 33.2 Å². The minimum absolute atomic E-state index is 0.196. The number of nitrogens with two attached hydrogens (primary N) is 1. The normalized spacial score (nSPS) is 11.8. The number of carboxylic acid groups (broad SMARTS) is 1.